The van der Waals surface area contributed by atoms with Gasteiger partial charge >= 0.3 is 0 Å². The Hall–Kier alpha value is -1.23. The summed E-state index contributed by atoms with van der Waals surface area (Å²) in [7, 11) is -3.26. The SMILES string of the molecule is CCCCCS(=O)(=O)Nc1ccccc1N. The summed E-state index contributed by atoms with van der Waals surface area (Å²) in [6.45, 7) is 2.04. The first-order chi connectivity index (χ1) is 7.55. The molecule has 0 fully saturated rings. The zero-order valence-corrected chi connectivity index (χ0v) is 10.3. The van der Waals surface area contributed by atoms with E-state index >= 15 is 0 Å². The maximum absolute atomic E-state index is 11.7. The second kappa shape index (κ2) is 5.75. The summed E-state index contributed by atoms with van der Waals surface area (Å²) in [6.07, 6.45) is 2.60. The molecule has 16 heavy (non-hydrogen) atoms. The zero-order valence-electron chi connectivity index (χ0n) is 9.44. The van der Waals surface area contributed by atoms with Gasteiger partial charge in [-0.2, -0.15) is 0 Å². The molecule has 0 amide bonds. The van der Waals surface area contributed by atoms with Gasteiger partial charge in [-0.15, -0.1) is 0 Å². The standard InChI is InChI=1S/C11H18N2O2S/c1-2-3-6-9-16(14,15)13-11-8-5-4-7-10(11)12/h4-5,7-8,13H,2-3,6,9,12H2,1H3. The Bertz CT molecular complexity index is 429. The van der Waals surface area contributed by atoms with Gasteiger partial charge in [0.15, 0.2) is 0 Å². The Morgan fingerprint density at radius 3 is 2.56 bits per heavy atom. The Balaban J connectivity index is 2.63. The molecule has 0 aromatic heterocycles. The summed E-state index contributed by atoms with van der Waals surface area (Å²) in [6, 6.07) is 6.85. The third-order valence-electron chi connectivity index (χ3n) is 2.24. The second-order valence-electron chi connectivity index (χ2n) is 3.72. The highest BCUT2D eigenvalue weighted by atomic mass is 32.2. The summed E-state index contributed by atoms with van der Waals surface area (Å²) in [5.41, 5.74) is 6.56. The first-order valence-electron chi connectivity index (χ1n) is 5.40. The topological polar surface area (TPSA) is 72.2 Å². The van der Waals surface area contributed by atoms with E-state index in [-0.39, 0.29) is 5.75 Å². The molecule has 1 rings (SSSR count). The third-order valence-corrected chi connectivity index (χ3v) is 3.60. The van der Waals surface area contributed by atoms with Crippen molar-refractivity contribution in [3.8, 4) is 0 Å². The van der Waals surface area contributed by atoms with E-state index in [1.165, 1.54) is 0 Å². The van der Waals surface area contributed by atoms with Crippen LogP contribution >= 0.6 is 0 Å². The fourth-order valence-corrected chi connectivity index (χ4v) is 2.56. The third kappa shape index (κ3) is 4.10. The smallest absolute Gasteiger partial charge is 0.232 e. The lowest BCUT2D eigenvalue weighted by Crippen LogP contribution is -2.17. The molecule has 0 unspecified atom stereocenters. The number of nitrogens with two attached hydrogens (primary N) is 1. The van der Waals surface area contributed by atoms with Crippen LogP contribution in [0.1, 0.15) is 26.2 Å². The first-order valence-corrected chi connectivity index (χ1v) is 7.05. The van der Waals surface area contributed by atoms with Gasteiger partial charge in [-0.1, -0.05) is 31.9 Å². The molecule has 0 atom stereocenters. The lowest BCUT2D eigenvalue weighted by Gasteiger charge is -2.09. The number of nitrogens with one attached hydrogen (secondary N) is 1. The van der Waals surface area contributed by atoms with Crippen LogP contribution in [-0.2, 0) is 10.0 Å². The molecule has 4 nitrogen and oxygen atoms in total. The van der Waals surface area contributed by atoms with E-state index in [9.17, 15) is 8.42 Å². The van der Waals surface area contributed by atoms with Crippen LogP contribution in [0.4, 0.5) is 11.4 Å². The van der Waals surface area contributed by atoms with Crippen LogP contribution in [0.15, 0.2) is 24.3 Å². The number of unbranched alkanes of at least 4 members (excludes halogenated alkanes) is 2. The minimum absolute atomic E-state index is 0.148. The quantitative estimate of drug-likeness (QED) is 0.593. The van der Waals surface area contributed by atoms with Gasteiger partial charge in [-0.05, 0) is 18.6 Å². The van der Waals surface area contributed by atoms with E-state index in [1.807, 2.05) is 6.92 Å². The predicted octanol–water partition coefficient (Wildman–Crippen LogP) is 2.20. The number of para-hydroxylation sites is 2. The lowest BCUT2D eigenvalue weighted by atomic mass is 10.3. The Labute approximate surface area is 96.9 Å². The number of hydrogen-bond donors (Lipinski definition) is 2. The largest absolute Gasteiger partial charge is 0.397 e. The predicted molar refractivity (Wildman–Crippen MR) is 67.8 cm³/mol. The molecule has 0 radical (unpaired) electrons. The Morgan fingerprint density at radius 1 is 1.25 bits per heavy atom. The van der Waals surface area contributed by atoms with E-state index in [0.717, 1.165) is 12.8 Å². The molecule has 0 heterocycles. The van der Waals surface area contributed by atoms with Crippen molar-refractivity contribution in [3.05, 3.63) is 24.3 Å². The van der Waals surface area contributed by atoms with Gasteiger partial charge in [-0.3, -0.25) is 4.72 Å². The van der Waals surface area contributed by atoms with Gasteiger partial charge in [-0.25, -0.2) is 8.42 Å². The van der Waals surface area contributed by atoms with Gasteiger partial charge in [0, 0.05) is 0 Å². The normalized spacial score (nSPS) is 11.3. The monoisotopic (exact) mass is 242 g/mol. The average molecular weight is 242 g/mol. The van der Waals surface area contributed by atoms with Gasteiger partial charge < -0.3 is 5.73 Å². The van der Waals surface area contributed by atoms with Crippen LogP contribution in [0.2, 0.25) is 0 Å². The highest BCUT2D eigenvalue weighted by Crippen LogP contribution is 2.18. The molecule has 0 saturated carbocycles. The first kappa shape index (κ1) is 12.8. The van der Waals surface area contributed by atoms with Crippen molar-refractivity contribution >= 4 is 21.4 Å². The van der Waals surface area contributed by atoms with Gasteiger partial charge in [0.2, 0.25) is 10.0 Å². The van der Waals surface area contributed by atoms with E-state index in [1.54, 1.807) is 24.3 Å². The van der Waals surface area contributed by atoms with E-state index in [2.05, 4.69) is 4.72 Å². The Kier molecular flexibility index (Phi) is 4.61. The van der Waals surface area contributed by atoms with Crippen molar-refractivity contribution in [2.45, 2.75) is 26.2 Å². The van der Waals surface area contributed by atoms with Crippen molar-refractivity contribution in [2.75, 3.05) is 16.2 Å². The fraction of sp³-hybridized carbons (Fsp3) is 0.455. The molecular weight excluding hydrogens is 224 g/mol. The minimum Gasteiger partial charge on any atom is -0.397 e. The van der Waals surface area contributed by atoms with Crippen LogP contribution in [0.5, 0.6) is 0 Å². The number of nitrogen functional groups attached to an aromatic ring is 1. The van der Waals surface area contributed by atoms with E-state index in [0.29, 0.717) is 17.8 Å². The Morgan fingerprint density at radius 2 is 1.94 bits per heavy atom. The summed E-state index contributed by atoms with van der Waals surface area (Å²) >= 11 is 0. The molecule has 0 aliphatic rings. The van der Waals surface area contributed by atoms with Crippen molar-refractivity contribution in [1.29, 1.82) is 0 Å². The summed E-state index contributed by atoms with van der Waals surface area (Å²) in [5.74, 6) is 0.148. The summed E-state index contributed by atoms with van der Waals surface area (Å²) in [5, 5.41) is 0. The molecule has 1 aromatic rings. The van der Waals surface area contributed by atoms with Crippen LogP contribution in [0, 0.1) is 0 Å². The maximum Gasteiger partial charge on any atom is 0.232 e. The molecule has 0 aliphatic carbocycles. The summed E-state index contributed by atoms with van der Waals surface area (Å²) in [4.78, 5) is 0. The molecule has 90 valence electrons. The van der Waals surface area contributed by atoms with E-state index < -0.39 is 10.0 Å². The van der Waals surface area contributed by atoms with Crippen molar-refractivity contribution in [3.63, 3.8) is 0 Å². The van der Waals surface area contributed by atoms with Crippen molar-refractivity contribution < 1.29 is 8.42 Å². The van der Waals surface area contributed by atoms with Crippen LogP contribution in [0.25, 0.3) is 0 Å². The lowest BCUT2D eigenvalue weighted by molar-refractivity contribution is 0.596. The number of benzene rings is 1. The maximum atomic E-state index is 11.7. The van der Waals surface area contributed by atoms with Crippen LogP contribution < -0.4 is 10.5 Å². The highest BCUT2D eigenvalue weighted by Gasteiger charge is 2.10. The molecule has 5 heteroatoms. The molecule has 0 aliphatic heterocycles. The zero-order chi connectivity index (χ0) is 12.0. The number of hydrogen-bond acceptors (Lipinski definition) is 3. The second-order valence-corrected chi connectivity index (χ2v) is 5.56. The van der Waals surface area contributed by atoms with Crippen LogP contribution in [-0.4, -0.2) is 14.2 Å². The molecule has 0 spiro atoms. The van der Waals surface area contributed by atoms with Crippen molar-refractivity contribution in [1.82, 2.24) is 0 Å². The average Bonchev–Trinajstić information content (AvgIpc) is 2.21. The minimum atomic E-state index is -3.26. The van der Waals surface area contributed by atoms with Crippen LogP contribution in [0.3, 0.4) is 0 Å². The molecule has 1 aromatic carbocycles. The van der Waals surface area contributed by atoms with Gasteiger partial charge in [0.1, 0.15) is 0 Å². The molecular formula is C11H18N2O2S. The number of rotatable bonds is 6. The number of sulfonamides is 1. The molecule has 0 saturated heterocycles. The fourth-order valence-electron chi connectivity index (χ4n) is 1.35. The summed E-state index contributed by atoms with van der Waals surface area (Å²) < 4.78 is 25.8. The molecule has 3 N–H and O–H groups in total. The number of anilines is 2. The molecule has 0 bridgehead atoms. The van der Waals surface area contributed by atoms with Crippen molar-refractivity contribution in [2.24, 2.45) is 0 Å². The highest BCUT2D eigenvalue weighted by molar-refractivity contribution is 7.92. The van der Waals surface area contributed by atoms with Gasteiger partial charge in [0.05, 0.1) is 17.1 Å². The van der Waals surface area contributed by atoms with E-state index in [4.69, 9.17) is 5.73 Å². The van der Waals surface area contributed by atoms with Gasteiger partial charge in [0.25, 0.3) is 0 Å².